The molecular formula is C15H23N3O3. The van der Waals surface area contributed by atoms with E-state index in [2.05, 4.69) is 10.4 Å². The van der Waals surface area contributed by atoms with Gasteiger partial charge in [0.1, 0.15) is 11.2 Å². The van der Waals surface area contributed by atoms with Crippen molar-refractivity contribution in [2.24, 2.45) is 5.92 Å². The monoisotopic (exact) mass is 293 g/mol. The summed E-state index contributed by atoms with van der Waals surface area (Å²) < 4.78 is 1.60. The lowest BCUT2D eigenvalue weighted by Crippen LogP contribution is -2.60. The molecule has 6 nitrogen and oxygen atoms in total. The van der Waals surface area contributed by atoms with E-state index in [9.17, 15) is 14.7 Å². The number of aromatic nitrogens is 2. The zero-order chi connectivity index (χ0) is 15.6. The highest BCUT2D eigenvalue weighted by Crippen LogP contribution is 2.34. The molecule has 0 aromatic carbocycles. The number of carboxylic acids is 1. The maximum atomic E-state index is 12.5. The number of aliphatic carboxylic acids is 1. The molecule has 1 heterocycles. The van der Waals surface area contributed by atoms with Crippen LogP contribution in [0.1, 0.15) is 55.7 Å². The number of amides is 1. The molecule has 6 heteroatoms. The molecule has 116 valence electrons. The SMILES string of the molecule is CCn1nc(C)cc1C(=O)NC1(C(=O)O)CCCCC1C. The van der Waals surface area contributed by atoms with E-state index in [1.807, 2.05) is 20.8 Å². The van der Waals surface area contributed by atoms with Crippen LogP contribution in [0.2, 0.25) is 0 Å². The first-order valence-corrected chi connectivity index (χ1v) is 7.51. The van der Waals surface area contributed by atoms with Crippen LogP contribution in [0, 0.1) is 12.8 Å². The van der Waals surface area contributed by atoms with E-state index in [4.69, 9.17) is 0 Å². The van der Waals surface area contributed by atoms with Crippen molar-refractivity contribution in [3.8, 4) is 0 Å². The van der Waals surface area contributed by atoms with Crippen molar-refractivity contribution >= 4 is 11.9 Å². The first-order valence-electron chi connectivity index (χ1n) is 7.51. The van der Waals surface area contributed by atoms with E-state index in [1.54, 1.807) is 10.7 Å². The molecule has 1 saturated carbocycles. The van der Waals surface area contributed by atoms with Crippen molar-refractivity contribution in [3.63, 3.8) is 0 Å². The van der Waals surface area contributed by atoms with Crippen LogP contribution in [0.4, 0.5) is 0 Å². The summed E-state index contributed by atoms with van der Waals surface area (Å²) in [6.07, 6.45) is 3.13. The van der Waals surface area contributed by atoms with E-state index < -0.39 is 11.5 Å². The van der Waals surface area contributed by atoms with Crippen LogP contribution in [0.3, 0.4) is 0 Å². The van der Waals surface area contributed by atoms with Gasteiger partial charge in [-0.15, -0.1) is 0 Å². The number of hydrogen-bond acceptors (Lipinski definition) is 3. The molecule has 2 N–H and O–H groups in total. The van der Waals surface area contributed by atoms with Crippen LogP contribution in [0.25, 0.3) is 0 Å². The quantitative estimate of drug-likeness (QED) is 0.889. The van der Waals surface area contributed by atoms with E-state index >= 15 is 0 Å². The Kier molecular flexibility index (Phi) is 4.34. The maximum absolute atomic E-state index is 12.5. The maximum Gasteiger partial charge on any atom is 0.329 e. The van der Waals surface area contributed by atoms with Gasteiger partial charge < -0.3 is 10.4 Å². The molecule has 1 aliphatic carbocycles. The Morgan fingerprint density at radius 1 is 1.52 bits per heavy atom. The van der Waals surface area contributed by atoms with Gasteiger partial charge in [-0.3, -0.25) is 9.48 Å². The third-order valence-electron chi connectivity index (χ3n) is 4.45. The summed E-state index contributed by atoms with van der Waals surface area (Å²) in [4.78, 5) is 24.3. The van der Waals surface area contributed by atoms with E-state index in [-0.39, 0.29) is 11.8 Å². The summed E-state index contributed by atoms with van der Waals surface area (Å²) in [5.41, 5.74) is 0.0166. The van der Waals surface area contributed by atoms with Crippen LogP contribution >= 0.6 is 0 Å². The second-order valence-corrected chi connectivity index (χ2v) is 5.86. The van der Waals surface area contributed by atoms with Crippen molar-refractivity contribution in [2.45, 2.75) is 58.5 Å². The van der Waals surface area contributed by atoms with Gasteiger partial charge in [0.15, 0.2) is 0 Å². The summed E-state index contributed by atoms with van der Waals surface area (Å²) in [6, 6.07) is 1.70. The predicted molar refractivity (Wildman–Crippen MR) is 78.1 cm³/mol. The molecule has 0 aliphatic heterocycles. The van der Waals surface area contributed by atoms with Gasteiger partial charge in [0.2, 0.25) is 0 Å². The zero-order valence-electron chi connectivity index (χ0n) is 12.8. The van der Waals surface area contributed by atoms with Crippen LogP contribution in [0.5, 0.6) is 0 Å². The lowest BCUT2D eigenvalue weighted by Gasteiger charge is -2.39. The molecule has 1 aliphatic rings. The third kappa shape index (κ3) is 2.80. The smallest absolute Gasteiger partial charge is 0.329 e. The van der Waals surface area contributed by atoms with Gasteiger partial charge in [0, 0.05) is 6.54 Å². The number of carboxylic acid groups (broad SMARTS) is 1. The predicted octanol–water partition coefficient (Wildman–Crippen LogP) is 1.97. The van der Waals surface area contributed by atoms with Gasteiger partial charge in [-0.25, -0.2) is 4.79 Å². The zero-order valence-corrected chi connectivity index (χ0v) is 12.8. The average molecular weight is 293 g/mol. The number of carbonyl (C=O) groups is 2. The van der Waals surface area contributed by atoms with Gasteiger partial charge in [-0.05, 0) is 38.7 Å². The Morgan fingerprint density at radius 2 is 2.24 bits per heavy atom. The summed E-state index contributed by atoms with van der Waals surface area (Å²) in [5.74, 6) is -1.37. The molecule has 21 heavy (non-hydrogen) atoms. The lowest BCUT2D eigenvalue weighted by molar-refractivity contribution is -0.148. The Balaban J connectivity index is 2.28. The van der Waals surface area contributed by atoms with Gasteiger partial charge >= 0.3 is 5.97 Å². The minimum atomic E-state index is -1.16. The normalized spacial score (nSPS) is 25.6. The highest BCUT2D eigenvalue weighted by Gasteiger charge is 2.46. The lowest BCUT2D eigenvalue weighted by atomic mass is 9.73. The Bertz CT molecular complexity index is 552. The molecule has 2 rings (SSSR count). The van der Waals surface area contributed by atoms with Crippen molar-refractivity contribution in [2.75, 3.05) is 0 Å². The topological polar surface area (TPSA) is 84.2 Å². The van der Waals surface area contributed by atoms with Crippen LogP contribution in [-0.2, 0) is 11.3 Å². The van der Waals surface area contributed by atoms with Crippen LogP contribution in [0.15, 0.2) is 6.07 Å². The van der Waals surface area contributed by atoms with Gasteiger partial charge in [0.25, 0.3) is 5.91 Å². The summed E-state index contributed by atoms with van der Waals surface area (Å²) >= 11 is 0. The average Bonchev–Trinajstić information content (AvgIpc) is 2.82. The second kappa shape index (κ2) is 5.87. The van der Waals surface area contributed by atoms with E-state index in [1.165, 1.54) is 0 Å². The Labute approximate surface area is 124 Å². The molecule has 0 radical (unpaired) electrons. The highest BCUT2D eigenvalue weighted by molar-refractivity contribution is 5.96. The van der Waals surface area contributed by atoms with E-state index in [0.29, 0.717) is 18.7 Å². The van der Waals surface area contributed by atoms with Crippen LogP contribution < -0.4 is 5.32 Å². The molecule has 1 amide bonds. The molecule has 1 aromatic rings. The number of aryl methyl sites for hydroxylation is 2. The second-order valence-electron chi connectivity index (χ2n) is 5.86. The van der Waals surface area contributed by atoms with Crippen LogP contribution in [-0.4, -0.2) is 32.3 Å². The summed E-state index contributed by atoms with van der Waals surface area (Å²) in [6.45, 7) is 6.20. The first-order chi connectivity index (χ1) is 9.90. The van der Waals surface area contributed by atoms with Crippen molar-refractivity contribution in [1.29, 1.82) is 0 Å². The summed E-state index contributed by atoms with van der Waals surface area (Å²) in [7, 11) is 0. The minimum Gasteiger partial charge on any atom is -0.479 e. The Hall–Kier alpha value is -1.85. The number of carbonyl (C=O) groups excluding carboxylic acids is 1. The molecule has 1 fully saturated rings. The number of rotatable bonds is 4. The molecule has 2 atom stereocenters. The standard InChI is InChI=1S/C15H23N3O3/c1-4-18-12(9-11(3)17-18)13(19)16-15(14(20)21)8-6-5-7-10(15)2/h9-10H,4-8H2,1-3H3,(H,16,19)(H,20,21). The molecule has 2 unspecified atom stereocenters. The molecule has 0 spiro atoms. The molecule has 0 saturated heterocycles. The molecular weight excluding hydrogens is 270 g/mol. The highest BCUT2D eigenvalue weighted by atomic mass is 16.4. The van der Waals surface area contributed by atoms with Crippen molar-refractivity contribution in [3.05, 3.63) is 17.5 Å². The fourth-order valence-electron chi connectivity index (χ4n) is 3.14. The van der Waals surface area contributed by atoms with Crippen molar-refractivity contribution < 1.29 is 14.7 Å². The number of nitrogens with one attached hydrogen (secondary N) is 1. The fourth-order valence-corrected chi connectivity index (χ4v) is 3.14. The van der Waals surface area contributed by atoms with Gasteiger partial charge in [-0.2, -0.15) is 5.10 Å². The number of nitrogens with zero attached hydrogens (tertiary/aromatic N) is 2. The van der Waals surface area contributed by atoms with Gasteiger partial charge in [-0.1, -0.05) is 19.8 Å². The third-order valence-corrected chi connectivity index (χ3v) is 4.45. The van der Waals surface area contributed by atoms with Gasteiger partial charge in [0.05, 0.1) is 5.69 Å². The van der Waals surface area contributed by atoms with Crippen molar-refractivity contribution in [1.82, 2.24) is 15.1 Å². The first kappa shape index (κ1) is 15.5. The molecule has 1 aromatic heterocycles. The fraction of sp³-hybridized carbons (Fsp3) is 0.667. The molecule has 0 bridgehead atoms. The minimum absolute atomic E-state index is 0.0770. The summed E-state index contributed by atoms with van der Waals surface area (Å²) in [5, 5.41) is 16.7. The Morgan fingerprint density at radius 3 is 2.81 bits per heavy atom. The van der Waals surface area contributed by atoms with E-state index in [0.717, 1.165) is 25.0 Å². The number of hydrogen-bond donors (Lipinski definition) is 2. The largest absolute Gasteiger partial charge is 0.479 e.